The first-order valence-electron chi connectivity index (χ1n) is 5.10. The summed E-state index contributed by atoms with van der Waals surface area (Å²) < 4.78 is 1.69. The molecule has 0 aliphatic carbocycles. The van der Waals surface area contributed by atoms with Crippen molar-refractivity contribution in [3.8, 4) is 11.4 Å². The smallest absolute Gasteiger partial charge is 0.240 e. The SMILES string of the molecule is CC(C)c1nc(N)nn1-c1ccc(O)cc1. The van der Waals surface area contributed by atoms with Crippen LogP contribution in [-0.4, -0.2) is 19.9 Å². The Bertz CT molecular complexity index is 487. The van der Waals surface area contributed by atoms with Crippen molar-refractivity contribution in [1.29, 1.82) is 0 Å². The summed E-state index contributed by atoms with van der Waals surface area (Å²) in [5.41, 5.74) is 6.43. The van der Waals surface area contributed by atoms with Crippen molar-refractivity contribution in [2.45, 2.75) is 19.8 Å². The van der Waals surface area contributed by atoms with Gasteiger partial charge >= 0.3 is 0 Å². The highest BCUT2D eigenvalue weighted by Crippen LogP contribution is 2.19. The van der Waals surface area contributed by atoms with Crippen LogP contribution in [0.4, 0.5) is 5.95 Å². The average Bonchev–Trinajstić information content (AvgIpc) is 2.61. The minimum atomic E-state index is 0.225. The third-order valence-electron chi connectivity index (χ3n) is 2.26. The summed E-state index contributed by atoms with van der Waals surface area (Å²) in [7, 11) is 0. The quantitative estimate of drug-likeness (QED) is 0.804. The number of rotatable bonds is 2. The highest BCUT2D eigenvalue weighted by molar-refractivity contribution is 5.38. The molecule has 1 heterocycles. The van der Waals surface area contributed by atoms with Gasteiger partial charge in [-0.15, -0.1) is 5.10 Å². The van der Waals surface area contributed by atoms with Gasteiger partial charge in [-0.2, -0.15) is 4.98 Å². The first kappa shape index (κ1) is 10.5. The topological polar surface area (TPSA) is 77.0 Å². The summed E-state index contributed by atoms with van der Waals surface area (Å²) in [6, 6.07) is 6.76. The van der Waals surface area contributed by atoms with Gasteiger partial charge in [-0.05, 0) is 24.3 Å². The Morgan fingerprint density at radius 3 is 2.44 bits per heavy atom. The summed E-state index contributed by atoms with van der Waals surface area (Å²) in [6.45, 7) is 4.06. The molecular weight excluding hydrogens is 204 g/mol. The molecule has 0 fully saturated rings. The molecule has 0 aliphatic rings. The largest absolute Gasteiger partial charge is 0.508 e. The molecule has 0 atom stereocenters. The van der Waals surface area contributed by atoms with Crippen LogP contribution in [0.3, 0.4) is 0 Å². The number of phenols is 1. The van der Waals surface area contributed by atoms with E-state index in [0.29, 0.717) is 0 Å². The van der Waals surface area contributed by atoms with Crippen molar-refractivity contribution in [2.75, 3.05) is 5.73 Å². The minimum absolute atomic E-state index is 0.225. The highest BCUT2D eigenvalue weighted by Gasteiger charge is 2.12. The van der Waals surface area contributed by atoms with Gasteiger partial charge in [0.2, 0.25) is 5.95 Å². The van der Waals surface area contributed by atoms with Gasteiger partial charge in [0.1, 0.15) is 11.6 Å². The number of anilines is 1. The van der Waals surface area contributed by atoms with E-state index in [-0.39, 0.29) is 17.6 Å². The molecule has 16 heavy (non-hydrogen) atoms. The van der Waals surface area contributed by atoms with Gasteiger partial charge in [0.05, 0.1) is 5.69 Å². The zero-order valence-corrected chi connectivity index (χ0v) is 9.25. The second-order valence-corrected chi connectivity index (χ2v) is 3.91. The van der Waals surface area contributed by atoms with Crippen LogP contribution in [0.5, 0.6) is 5.75 Å². The molecule has 2 aromatic rings. The van der Waals surface area contributed by atoms with Gasteiger partial charge < -0.3 is 10.8 Å². The van der Waals surface area contributed by atoms with E-state index in [4.69, 9.17) is 5.73 Å². The first-order valence-corrected chi connectivity index (χ1v) is 5.10. The lowest BCUT2D eigenvalue weighted by Gasteiger charge is -2.07. The number of nitrogen functional groups attached to an aromatic ring is 1. The molecule has 0 spiro atoms. The maximum atomic E-state index is 9.22. The third kappa shape index (κ3) is 1.84. The number of phenolic OH excluding ortho intramolecular Hbond substituents is 1. The first-order chi connectivity index (χ1) is 7.58. The van der Waals surface area contributed by atoms with Gasteiger partial charge in [0, 0.05) is 5.92 Å². The van der Waals surface area contributed by atoms with Crippen LogP contribution in [0.25, 0.3) is 5.69 Å². The Labute approximate surface area is 93.5 Å². The fourth-order valence-electron chi connectivity index (χ4n) is 1.50. The molecule has 0 bridgehead atoms. The number of benzene rings is 1. The number of hydrogen-bond donors (Lipinski definition) is 2. The highest BCUT2D eigenvalue weighted by atomic mass is 16.3. The molecule has 0 saturated heterocycles. The van der Waals surface area contributed by atoms with Crippen LogP contribution < -0.4 is 5.73 Å². The van der Waals surface area contributed by atoms with Gasteiger partial charge in [0.15, 0.2) is 0 Å². The number of nitrogens with two attached hydrogens (primary N) is 1. The fraction of sp³-hybridized carbons (Fsp3) is 0.273. The van der Waals surface area contributed by atoms with E-state index in [1.54, 1.807) is 28.9 Å². The third-order valence-corrected chi connectivity index (χ3v) is 2.26. The number of hydrogen-bond acceptors (Lipinski definition) is 4. The summed E-state index contributed by atoms with van der Waals surface area (Å²) in [5, 5.41) is 13.4. The lowest BCUT2D eigenvalue weighted by molar-refractivity contribution is 0.475. The summed E-state index contributed by atoms with van der Waals surface area (Å²) >= 11 is 0. The maximum absolute atomic E-state index is 9.22. The zero-order chi connectivity index (χ0) is 11.7. The Morgan fingerprint density at radius 1 is 1.25 bits per heavy atom. The summed E-state index contributed by atoms with van der Waals surface area (Å²) in [6.07, 6.45) is 0. The lowest BCUT2D eigenvalue weighted by Crippen LogP contribution is -2.04. The number of nitrogens with zero attached hydrogens (tertiary/aromatic N) is 3. The summed E-state index contributed by atoms with van der Waals surface area (Å²) in [4.78, 5) is 4.18. The van der Waals surface area contributed by atoms with E-state index < -0.39 is 0 Å². The molecule has 5 nitrogen and oxygen atoms in total. The Kier molecular flexibility index (Phi) is 2.52. The minimum Gasteiger partial charge on any atom is -0.508 e. The van der Waals surface area contributed by atoms with E-state index in [9.17, 15) is 5.11 Å². The van der Waals surface area contributed by atoms with Crippen LogP contribution in [0, 0.1) is 0 Å². The van der Waals surface area contributed by atoms with E-state index in [1.807, 2.05) is 13.8 Å². The van der Waals surface area contributed by atoms with Crippen LogP contribution in [0.15, 0.2) is 24.3 Å². The molecular formula is C11H14N4O. The maximum Gasteiger partial charge on any atom is 0.240 e. The van der Waals surface area contributed by atoms with E-state index in [1.165, 1.54) is 0 Å². The zero-order valence-electron chi connectivity index (χ0n) is 9.25. The predicted octanol–water partition coefficient (Wildman–Crippen LogP) is 1.68. The molecule has 0 radical (unpaired) electrons. The second kappa shape index (κ2) is 3.84. The van der Waals surface area contributed by atoms with Crippen molar-refractivity contribution in [3.63, 3.8) is 0 Å². The van der Waals surface area contributed by atoms with E-state index >= 15 is 0 Å². The van der Waals surface area contributed by atoms with Crippen molar-refractivity contribution >= 4 is 5.95 Å². The molecule has 84 valence electrons. The van der Waals surface area contributed by atoms with Gasteiger partial charge in [-0.1, -0.05) is 13.8 Å². The van der Waals surface area contributed by atoms with Crippen molar-refractivity contribution in [1.82, 2.24) is 14.8 Å². The molecule has 0 amide bonds. The van der Waals surface area contributed by atoms with E-state index in [0.717, 1.165) is 11.5 Å². The fourth-order valence-corrected chi connectivity index (χ4v) is 1.50. The molecule has 1 aromatic carbocycles. The van der Waals surface area contributed by atoms with Crippen LogP contribution in [-0.2, 0) is 0 Å². The Hall–Kier alpha value is -2.04. The normalized spacial score (nSPS) is 10.9. The predicted molar refractivity (Wildman–Crippen MR) is 61.5 cm³/mol. The molecule has 0 saturated carbocycles. The standard InChI is InChI=1S/C11H14N4O/c1-7(2)10-13-11(12)14-15(10)8-3-5-9(16)6-4-8/h3-7,16H,1-2H3,(H2,12,14). The molecule has 0 unspecified atom stereocenters. The Balaban J connectivity index is 2.50. The molecule has 1 aromatic heterocycles. The lowest BCUT2D eigenvalue weighted by atomic mass is 10.2. The average molecular weight is 218 g/mol. The van der Waals surface area contributed by atoms with Gasteiger partial charge in [-0.25, -0.2) is 4.68 Å². The number of aromatic nitrogens is 3. The van der Waals surface area contributed by atoms with Crippen LogP contribution in [0.2, 0.25) is 0 Å². The molecule has 2 rings (SSSR count). The van der Waals surface area contributed by atoms with Gasteiger partial charge in [0.25, 0.3) is 0 Å². The monoisotopic (exact) mass is 218 g/mol. The van der Waals surface area contributed by atoms with E-state index in [2.05, 4.69) is 10.1 Å². The number of aromatic hydroxyl groups is 1. The Morgan fingerprint density at radius 2 is 1.88 bits per heavy atom. The second-order valence-electron chi connectivity index (χ2n) is 3.91. The van der Waals surface area contributed by atoms with Crippen molar-refractivity contribution in [3.05, 3.63) is 30.1 Å². The molecule has 0 aliphatic heterocycles. The van der Waals surface area contributed by atoms with Gasteiger partial charge in [-0.3, -0.25) is 0 Å². The van der Waals surface area contributed by atoms with Crippen LogP contribution >= 0.6 is 0 Å². The van der Waals surface area contributed by atoms with Crippen LogP contribution in [0.1, 0.15) is 25.6 Å². The van der Waals surface area contributed by atoms with Crippen molar-refractivity contribution in [2.24, 2.45) is 0 Å². The summed E-state index contributed by atoms with van der Waals surface area (Å²) in [5.74, 6) is 1.53. The van der Waals surface area contributed by atoms with Crippen molar-refractivity contribution < 1.29 is 5.11 Å². The molecule has 5 heteroatoms. The molecule has 3 N–H and O–H groups in total.